The highest BCUT2D eigenvalue weighted by Gasteiger charge is 2.48. The van der Waals surface area contributed by atoms with Gasteiger partial charge in [-0.05, 0) is 31.4 Å². The molecule has 1 spiro atoms. The van der Waals surface area contributed by atoms with Crippen molar-refractivity contribution in [2.75, 3.05) is 19.6 Å². The van der Waals surface area contributed by atoms with E-state index in [-0.39, 0.29) is 11.8 Å². The zero-order valence-electron chi connectivity index (χ0n) is 16.6. The third kappa shape index (κ3) is 2.99. The molecule has 0 aromatic carbocycles. The molecule has 0 atom stereocenters. The topological polar surface area (TPSA) is 82.2 Å². The summed E-state index contributed by atoms with van der Waals surface area (Å²) in [4.78, 5) is 41.7. The average molecular weight is 381 g/mol. The molecule has 1 fully saturated rings. The van der Waals surface area contributed by atoms with Gasteiger partial charge in [0.1, 0.15) is 0 Å². The summed E-state index contributed by atoms with van der Waals surface area (Å²) in [6.07, 6.45) is 6.97. The number of likely N-dealkylation sites (tertiary alicyclic amines) is 1. The lowest BCUT2D eigenvalue weighted by Gasteiger charge is -2.50. The summed E-state index contributed by atoms with van der Waals surface area (Å²) in [5.74, 6) is 0.202. The second-order valence-corrected chi connectivity index (χ2v) is 7.59. The van der Waals surface area contributed by atoms with Gasteiger partial charge in [-0.15, -0.1) is 0 Å². The third-order valence-corrected chi connectivity index (χ3v) is 6.17. The largest absolute Gasteiger partial charge is 0.348 e. The Morgan fingerprint density at radius 2 is 1.96 bits per heavy atom. The number of pyridine rings is 1. The zero-order valence-corrected chi connectivity index (χ0v) is 16.6. The predicted octanol–water partition coefficient (Wildman–Crippen LogP) is 2.29. The van der Waals surface area contributed by atoms with Crippen LogP contribution in [-0.4, -0.2) is 56.2 Å². The molecule has 4 heterocycles. The minimum atomic E-state index is -0.399. The average Bonchev–Trinajstić information content (AvgIpc) is 3.24. The Kier molecular flexibility index (Phi) is 4.91. The lowest BCUT2D eigenvalue weighted by molar-refractivity contribution is -0.141. The molecule has 0 aliphatic carbocycles. The second kappa shape index (κ2) is 7.37. The molecule has 148 valence electrons. The summed E-state index contributed by atoms with van der Waals surface area (Å²) < 4.78 is 0. The number of fused-ring (bicyclic) bond motifs is 2. The molecule has 0 radical (unpaired) electrons. The molecule has 2 aliphatic heterocycles. The van der Waals surface area contributed by atoms with E-state index in [9.17, 15) is 9.59 Å². The molecular formula is C21H27N5O2. The maximum Gasteiger partial charge on any atom is 0.253 e. The summed E-state index contributed by atoms with van der Waals surface area (Å²) in [6, 6.07) is 3.66. The van der Waals surface area contributed by atoms with E-state index in [2.05, 4.69) is 15.0 Å². The van der Waals surface area contributed by atoms with Crippen molar-refractivity contribution in [3.8, 4) is 0 Å². The number of nitrogens with zero attached hydrogens (tertiary/aromatic N) is 4. The van der Waals surface area contributed by atoms with Crippen molar-refractivity contribution in [2.45, 2.75) is 51.5 Å². The Hall–Kier alpha value is -2.70. The van der Waals surface area contributed by atoms with Crippen molar-refractivity contribution in [2.24, 2.45) is 0 Å². The number of amides is 2. The van der Waals surface area contributed by atoms with Gasteiger partial charge in [-0.3, -0.25) is 14.6 Å². The summed E-state index contributed by atoms with van der Waals surface area (Å²) in [6.45, 7) is 5.87. The summed E-state index contributed by atoms with van der Waals surface area (Å²) in [5, 5.41) is 0. The number of carbonyl (C=O) groups excluding carboxylic acids is 2. The van der Waals surface area contributed by atoms with Gasteiger partial charge in [0.25, 0.3) is 5.91 Å². The molecule has 0 bridgehead atoms. The van der Waals surface area contributed by atoms with Gasteiger partial charge in [-0.2, -0.15) is 0 Å². The lowest BCUT2D eigenvalue weighted by atomic mass is 9.78. The molecule has 1 N–H and O–H groups in total. The molecular weight excluding hydrogens is 354 g/mol. The molecule has 2 aliphatic rings. The Balaban J connectivity index is 1.57. The summed E-state index contributed by atoms with van der Waals surface area (Å²) in [5.41, 5.74) is 3.33. The Morgan fingerprint density at radius 1 is 1.18 bits per heavy atom. The van der Waals surface area contributed by atoms with Crippen LogP contribution in [0.2, 0.25) is 0 Å². The molecule has 0 saturated carbocycles. The van der Waals surface area contributed by atoms with Crippen molar-refractivity contribution >= 4 is 11.8 Å². The third-order valence-electron chi connectivity index (χ3n) is 6.17. The standard InChI is InChI=1S/C21H27N5O2/c1-3-16-13-15(5-9-22-16)20(28)25-11-7-21(8-12-25)19-17(23-14-24-19)6-10-26(21)18(27)4-2/h5,9,13-14H,3-4,6-8,10-12H2,1-2H3,(H,23,24). The van der Waals surface area contributed by atoms with Crippen LogP contribution in [-0.2, 0) is 23.2 Å². The van der Waals surface area contributed by atoms with Crippen LogP contribution in [0.1, 0.15) is 60.5 Å². The summed E-state index contributed by atoms with van der Waals surface area (Å²) in [7, 11) is 0. The number of aryl methyl sites for hydroxylation is 1. The van der Waals surface area contributed by atoms with Crippen molar-refractivity contribution in [3.63, 3.8) is 0 Å². The SMILES string of the molecule is CCC(=O)N1CCc2[nH]cnc2C12CCN(C(=O)c1ccnc(CC)c1)CC2. The van der Waals surface area contributed by atoms with Gasteiger partial charge >= 0.3 is 0 Å². The van der Waals surface area contributed by atoms with Gasteiger partial charge in [-0.1, -0.05) is 13.8 Å². The maximum absolute atomic E-state index is 13.0. The van der Waals surface area contributed by atoms with E-state index in [0.717, 1.165) is 29.9 Å². The number of rotatable bonds is 3. The van der Waals surface area contributed by atoms with Crippen LogP contribution >= 0.6 is 0 Å². The van der Waals surface area contributed by atoms with Crippen LogP contribution in [0.3, 0.4) is 0 Å². The van der Waals surface area contributed by atoms with E-state index in [0.29, 0.717) is 44.5 Å². The first kappa shape index (κ1) is 18.7. The minimum absolute atomic E-state index is 0.0402. The van der Waals surface area contributed by atoms with Gasteiger partial charge in [0.2, 0.25) is 5.91 Å². The van der Waals surface area contributed by atoms with E-state index in [4.69, 9.17) is 0 Å². The number of aromatic amines is 1. The number of piperidine rings is 1. The number of carbonyl (C=O) groups is 2. The lowest BCUT2D eigenvalue weighted by Crippen LogP contribution is -2.58. The van der Waals surface area contributed by atoms with Crippen LogP contribution in [0.25, 0.3) is 0 Å². The van der Waals surface area contributed by atoms with Crippen molar-refractivity contribution < 1.29 is 9.59 Å². The monoisotopic (exact) mass is 381 g/mol. The molecule has 2 aromatic heterocycles. The number of hydrogen-bond acceptors (Lipinski definition) is 4. The van der Waals surface area contributed by atoms with Crippen molar-refractivity contribution in [1.29, 1.82) is 0 Å². The molecule has 1 saturated heterocycles. The Labute approximate surface area is 165 Å². The fourth-order valence-electron chi connectivity index (χ4n) is 4.61. The van der Waals surface area contributed by atoms with Crippen LogP contribution in [0.15, 0.2) is 24.7 Å². The first-order chi connectivity index (χ1) is 13.6. The van der Waals surface area contributed by atoms with E-state index < -0.39 is 5.54 Å². The zero-order chi connectivity index (χ0) is 19.7. The van der Waals surface area contributed by atoms with Crippen molar-refractivity contribution in [3.05, 3.63) is 47.3 Å². The van der Waals surface area contributed by atoms with Crippen molar-refractivity contribution in [1.82, 2.24) is 24.8 Å². The molecule has 7 heteroatoms. The molecule has 7 nitrogen and oxygen atoms in total. The number of nitrogens with one attached hydrogen (secondary N) is 1. The smallest absolute Gasteiger partial charge is 0.253 e. The van der Waals surface area contributed by atoms with E-state index in [1.807, 2.05) is 29.7 Å². The van der Waals surface area contributed by atoms with Gasteiger partial charge in [0.05, 0.1) is 17.6 Å². The second-order valence-electron chi connectivity index (χ2n) is 7.59. The first-order valence-corrected chi connectivity index (χ1v) is 10.2. The van der Waals surface area contributed by atoms with E-state index in [1.54, 1.807) is 18.6 Å². The van der Waals surface area contributed by atoms with Crippen LogP contribution < -0.4 is 0 Å². The van der Waals surface area contributed by atoms with Crippen LogP contribution in [0.5, 0.6) is 0 Å². The Bertz CT molecular complexity index is 882. The minimum Gasteiger partial charge on any atom is -0.348 e. The number of H-pyrrole nitrogens is 1. The predicted molar refractivity (Wildman–Crippen MR) is 105 cm³/mol. The summed E-state index contributed by atoms with van der Waals surface area (Å²) >= 11 is 0. The van der Waals surface area contributed by atoms with Gasteiger partial charge in [0.15, 0.2) is 0 Å². The molecule has 0 unspecified atom stereocenters. The van der Waals surface area contributed by atoms with Gasteiger partial charge < -0.3 is 14.8 Å². The highest BCUT2D eigenvalue weighted by atomic mass is 16.2. The molecule has 2 amide bonds. The van der Waals surface area contributed by atoms with Crippen LogP contribution in [0.4, 0.5) is 0 Å². The highest BCUT2D eigenvalue weighted by molar-refractivity contribution is 5.94. The number of aromatic nitrogens is 3. The van der Waals surface area contributed by atoms with Crippen LogP contribution in [0, 0.1) is 0 Å². The fourth-order valence-corrected chi connectivity index (χ4v) is 4.61. The molecule has 2 aromatic rings. The number of imidazole rings is 1. The highest BCUT2D eigenvalue weighted by Crippen LogP contribution is 2.42. The first-order valence-electron chi connectivity index (χ1n) is 10.2. The quantitative estimate of drug-likeness (QED) is 0.884. The fraction of sp³-hybridized carbons (Fsp3) is 0.524. The Morgan fingerprint density at radius 3 is 2.68 bits per heavy atom. The van der Waals surface area contributed by atoms with E-state index >= 15 is 0 Å². The maximum atomic E-state index is 13.0. The van der Waals surface area contributed by atoms with Gasteiger partial charge in [0, 0.05) is 55.6 Å². The molecule has 28 heavy (non-hydrogen) atoms. The van der Waals surface area contributed by atoms with Gasteiger partial charge in [-0.25, -0.2) is 4.98 Å². The van der Waals surface area contributed by atoms with E-state index in [1.165, 1.54) is 0 Å². The molecule has 4 rings (SSSR count). The number of hydrogen-bond donors (Lipinski definition) is 1. The normalized spacial score (nSPS) is 18.2.